The molecule has 0 aliphatic heterocycles. The second kappa shape index (κ2) is 7.59. The quantitative estimate of drug-likeness (QED) is 0.365. The maximum absolute atomic E-state index is 11.6. The van der Waals surface area contributed by atoms with Gasteiger partial charge in [-0.2, -0.15) is 0 Å². The second-order valence-corrected chi connectivity index (χ2v) is 5.43. The van der Waals surface area contributed by atoms with E-state index in [9.17, 15) is 9.59 Å². The van der Waals surface area contributed by atoms with Gasteiger partial charge in [-0.15, -0.1) is 0 Å². The van der Waals surface area contributed by atoms with Crippen molar-refractivity contribution in [1.29, 1.82) is 0 Å². The highest BCUT2D eigenvalue weighted by Crippen LogP contribution is 2.24. The Hall–Kier alpha value is -2.14. The van der Waals surface area contributed by atoms with Crippen molar-refractivity contribution in [2.75, 3.05) is 7.11 Å². The maximum atomic E-state index is 11.6. The molecule has 0 aliphatic carbocycles. The van der Waals surface area contributed by atoms with Crippen LogP contribution in [0.1, 0.15) is 31.4 Å². The van der Waals surface area contributed by atoms with E-state index in [-0.39, 0.29) is 5.97 Å². The highest BCUT2D eigenvalue weighted by Gasteiger charge is 2.27. The lowest BCUT2D eigenvalue weighted by Crippen LogP contribution is -2.26. The van der Waals surface area contributed by atoms with Crippen molar-refractivity contribution in [3.63, 3.8) is 0 Å². The first-order valence-electron chi connectivity index (χ1n) is 6.68. The van der Waals surface area contributed by atoms with Gasteiger partial charge in [0.2, 0.25) is 0 Å². The van der Waals surface area contributed by atoms with Crippen molar-refractivity contribution in [2.45, 2.75) is 26.7 Å². The Balaban J connectivity index is 2.61. The zero-order valence-electron chi connectivity index (χ0n) is 12.6. The Kier molecular flexibility index (Phi) is 6.11. The van der Waals surface area contributed by atoms with Crippen LogP contribution in [0.4, 0.5) is 0 Å². The van der Waals surface area contributed by atoms with Gasteiger partial charge in [-0.1, -0.05) is 24.3 Å². The minimum absolute atomic E-state index is 0.211. The van der Waals surface area contributed by atoms with Crippen LogP contribution in [0.15, 0.2) is 30.3 Å². The number of amides is 1. The van der Waals surface area contributed by atoms with Crippen molar-refractivity contribution in [3.05, 3.63) is 41.5 Å². The van der Waals surface area contributed by atoms with E-state index in [4.69, 9.17) is 9.94 Å². The summed E-state index contributed by atoms with van der Waals surface area (Å²) in [4.78, 5) is 22.5. The summed E-state index contributed by atoms with van der Waals surface area (Å²) in [5.74, 6) is -0.782. The summed E-state index contributed by atoms with van der Waals surface area (Å²) in [5.41, 5.74) is 2.99. The van der Waals surface area contributed by atoms with Gasteiger partial charge in [0.15, 0.2) is 0 Å². The minimum atomic E-state index is -0.570. The number of hydrogen-bond acceptors (Lipinski definition) is 4. The average molecular weight is 291 g/mol. The van der Waals surface area contributed by atoms with Crippen molar-refractivity contribution >= 4 is 18.0 Å². The molecular weight excluding hydrogens is 270 g/mol. The Morgan fingerprint density at radius 3 is 2.43 bits per heavy atom. The first-order valence-corrected chi connectivity index (χ1v) is 6.68. The third kappa shape index (κ3) is 5.39. The number of carbonyl (C=O) groups excluding carboxylic acids is 2. The van der Waals surface area contributed by atoms with Crippen LogP contribution in [0.3, 0.4) is 0 Å². The van der Waals surface area contributed by atoms with Crippen LogP contribution < -0.4 is 5.48 Å². The molecule has 0 heterocycles. The highest BCUT2D eigenvalue weighted by molar-refractivity contribution is 5.90. The molecule has 0 aromatic heterocycles. The first kappa shape index (κ1) is 16.9. The number of rotatable bonds is 6. The van der Waals surface area contributed by atoms with Crippen LogP contribution in [0.25, 0.3) is 6.08 Å². The summed E-state index contributed by atoms with van der Waals surface area (Å²) in [6.45, 7) is 3.73. The number of hydrogen-bond donors (Lipinski definition) is 2. The minimum Gasteiger partial charge on any atom is -0.469 e. The first-order chi connectivity index (χ1) is 9.89. The SMILES string of the molecule is COC(=O)C(C)(C)CCc1ccc(/C=C/C(=O)NO)cc1. The molecule has 1 amide bonds. The lowest BCUT2D eigenvalue weighted by atomic mass is 9.86. The molecule has 21 heavy (non-hydrogen) atoms. The number of ether oxygens (including phenoxy) is 1. The topological polar surface area (TPSA) is 75.6 Å². The van der Waals surface area contributed by atoms with Crippen LogP contribution in [-0.4, -0.2) is 24.2 Å². The van der Waals surface area contributed by atoms with E-state index in [1.54, 1.807) is 6.08 Å². The number of hydroxylamine groups is 1. The van der Waals surface area contributed by atoms with Gasteiger partial charge in [0.05, 0.1) is 12.5 Å². The molecule has 0 fully saturated rings. The molecule has 0 unspecified atom stereocenters. The molecule has 0 spiro atoms. The van der Waals surface area contributed by atoms with E-state index in [1.807, 2.05) is 38.1 Å². The molecule has 1 rings (SSSR count). The molecule has 0 aliphatic rings. The third-order valence-corrected chi connectivity index (χ3v) is 3.29. The molecule has 2 N–H and O–H groups in total. The van der Waals surface area contributed by atoms with Gasteiger partial charge in [-0.25, -0.2) is 5.48 Å². The molecule has 1 aromatic rings. The van der Waals surface area contributed by atoms with E-state index in [0.717, 1.165) is 17.5 Å². The Morgan fingerprint density at radius 1 is 1.29 bits per heavy atom. The monoisotopic (exact) mass is 291 g/mol. The standard InChI is InChI=1S/C16H21NO4/c1-16(2,15(19)21-3)11-10-13-6-4-12(5-7-13)8-9-14(18)17-20/h4-9,20H,10-11H2,1-3H3,(H,17,18)/b9-8+. The summed E-state index contributed by atoms with van der Waals surface area (Å²) in [6.07, 6.45) is 4.31. The van der Waals surface area contributed by atoms with Crippen molar-refractivity contribution in [1.82, 2.24) is 5.48 Å². The summed E-state index contributed by atoms with van der Waals surface area (Å²) in [5, 5.41) is 8.38. The summed E-state index contributed by atoms with van der Waals surface area (Å²) >= 11 is 0. The molecule has 0 bridgehead atoms. The van der Waals surface area contributed by atoms with Gasteiger partial charge in [0.25, 0.3) is 5.91 Å². The largest absolute Gasteiger partial charge is 0.469 e. The predicted octanol–water partition coefficient (Wildman–Crippen LogP) is 2.34. The third-order valence-electron chi connectivity index (χ3n) is 3.29. The molecule has 1 aromatic carbocycles. The Labute approximate surface area is 124 Å². The van der Waals surface area contributed by atoms with E-state index in [2.05, 4.69) is 0 Å². The van der Waals surface area contributed by atoms with Crippen LogP contribution in [-0.2, 0) is 20.7 Å². The molecule has 0 saturated heterocycles. The van der Waals surface area contributed by atoms with Crippen molar-refractivity contribution < 1.29 is 19.5 Å². The van der Waals surface area contributed by atoms with Crippen molar-refractivity contribution in [2.24, 2.45) is 5.41 Å². The van der Waals surface area contributed by atoms with Crippen LogP contribution in [0.2, 0.25) is 0 Å². The lowest BCUT2D eigenvalue weighted by molar-refractivity contribution is -0.151. The fraction of sp³-hybridized carbons (Fsp3) is 0.375. The maximum Gasteiger partial charge on any atom is 0.311 e. The van der Waals surface area contributed by atoms with Gasteiger partial charge in [-0.3, -0.25) is 14.8 Å². The van der Waals surface area contributed by atoms with Gasteiger partial charge in [-0.05, 0) is 43.9 Å². The fourth-order valence-corrected chi connectivity index (χ4v) is 1.84. The van der Waals surface area contributed by atoms with Gasteiger partial charge < -0.3 is 4.74 Å². The van der Waals surface area contributed by atoms with Crippen molar-refractivity contribution in [3.8, 4) is 0 Å². The van der Waals surface area contributed by atoms with E-state index < -0.39 is 11.3 Å². The van der Waals surface area contributed by atoms with E-state index in [1.165, 1.54) is 18.7 Å². The smallest absolute Gasteiger partial charge is 0.311 e. The normalized spacial score (nSPS) is 11.4. The Bertz CT molecular complexity index is 518. The van der Waals surface area contributed by atoms with Crippen LogP contribution in [0, 0.1) is 5.41 Å². The van der Waals surface area contributed by atoms with E-state index in [0.29, 0.717) is 6.42 Å². The predicted molar refractivity (Wildman–Crippen MR) is 79.5 cm³/mol. The summed E-state index contributed by atoms with van der Waals surface area (Å²) < 4.78 is 4.78. The molecule has 0 radical (unpaired) electrons. The summed E-state index contributed by atoms with van der Waals surface area (Å²) in [7, 11) is 1.40. The van der Waals surface area contributed by atoms with Gasteiger partial charge in [0.1, 0.15) is 0 Å². The second-order valence-electron chi connectivity index (χ2n) is 5.43. The zero-order chi connectivity index (χ0) is 15.9. The number of carbonyl (C=O) groups is 2. The number of methoxy groups -OCH3 is 1. The molecule has 0 saturated carbocycles. The number of aryl methyl sites for hydroxylation is 1. The molecule has 114 valence electrons. The fourth-order valence-electron chi connectivity index (χ4n) is 1.84. The molecule has 5 heteroatoms. The van der Waals surface area contributed by atoms with Gasteiger partial charge >= 0.3 is 5.97 Å². The number of nitrogens with one attached hydrogen (secondary N) is 1. The van der Waals surface area contributed by atoms with Crippen LogP contribution >= 0.6 is 0 Å². The highest BCUT2D eigenvalue weighted by atomic mass is 16.5. The summed E-state index contributed by atoms with van der Waals surface area (Å²) in [6, 6.07) is 7.65. The number of esters is 1. The van der Waals surface area contributed by atoms with Gasteiger partial charge in [0, 0.05) is 6.08 Å². The van der Waals surface area contributed by atoms with Crippen LogP contribution in [0.5, 0.6) is 0 Å². The molecule has 5 nitrogen and oxygen atoms in total. The zero-order valence-corrected chi connectivity index (χ0v) is 12.6. The lowest BCUT2D eigenvalue weighted by Gasteiger charge is -2.21. The van der Waals surface area contributed by atoms with E-state index >= 15 is 0 Å². The number of benzene rings is 1. The average Bonchev–Trinajstić information content (AvgIpc) is 2.50. The Morgan fingerprint density at radius 2 is 1.90 bits per heavy atom. The molecular formula is C16H21NO4. The molecule has 0 atom stereocenters.